The van der Waals surface area contributed by atoms with E-state index in [9.17, 15) is 9.50 Å². The molecule has 0 saturated carbocycles. The van der Waals surface area contributed by atoms with E-state index in [2.05, 4.69) is 4.98 Å². The van der Waals surface area contributed by atoms with Crippen LogP contribution in [-0.4, -0.2) is 33.0 Å². The molecule has 2 N–H and O–H groups in total. The summed E-state index contributed by atoms with van der Waals surface area (Å²) in [6.45, 7) is 6.66. The van der Waals surface area contributed by atoms with Crippen LogP contribution in [0, 0.1) is 11.2 Å². The third kappa shape index (κ3) is 4.61. The largest absolute Gasteiger partial charge is 0.510 e. The van der Waals surface area contributed by atoms with Crippen LogP contribution in [0.15, 0.2) is 59.7 Å². The Morgan fingerprint density at radius 3 is 2.58 bits per heavy atom. The molecule has 0 unspecified atom stereocenters. The van der Waals surface area contributed by atoms with Crippen LogP contribution >= 0.6 is 11.3 Å². The number of amidine groups is 1. The minimum Gasteiger partial charge on any atom is -0.510 e. The minimum absolute atomic E-state index is 0.124. The summed E-state index contributed by atoms with van der Waals surface area (Å²) in [4.78, 5) is 6.39. The van der Waals surface area contributed by atoms with Gasteiger partial charge in [0.15, 0.2) is 0 Å². The third-order valence-corrected chi connectivity index (χ3v) is 5.65. The highest BCUT2D eigenvalue weighted by Crippen LogP contribution is 2.34. The van der Waals surface area contributed by atoms with E-state index >= 15 is 0 Å². The summed E-state index contributed by atoms with van der Waals surface area (Å²) < 4.78 is 19.3. The molecule has 3 aromatic rings. The van der Waals surface area contributed by atoms with Crippen LogP contribution in [0.3, 0.4) is 0 Å². The van der Waals surface area contributed by atoms with Crippen molar-refractivity contribution in [3.8, 4) is 17.0 Å². The molecule has 4 rings (SSSR count). The molecule has 0 fully saturated rings. The first-order valence-corrected chi connectivity index (χ1v) is 10.8. The summed E-state index contributed by atoms with van der Waals surface area (Å²) in [7, 11) is 0. The molecule has 31 heavy (non-hydrogen) atoms. The molecule has 0 atom stereocenters. The van der Waals surface area contributed by atoms with Crippen molar-refractivity contribution in [2.24, 2.45) is 0 Å². The second-order valence-corrected chi connectivity index (χ2v) is 9.25. The standard InChI is InChI=1S/C24H24FN3O2S/c1-24(2,3)30-20-7-5-4-6-16(20)12-28-13-19(29)21(22(28)26)23-27-18(14-31-23)15-8-10-17(25)11-9-15/h4-11,14,26,29H,12-13H2,1-3H3. The fraction of sp³-hybridized carbons (Fsp3) is 0.250. The van der Waals surface area contributed by atoms with Crippen LogP contribution in [-0.2, 0) is 6.54 Å². The number of hydrogen-bond acceptors (Lipinski definition) is 5. The molecule has 2 aromatic carbocycles. The Hall–Kier alpha value is -3.19. The molecule has 1 aliphatic rings. The number of aliphatic hydroxyl groups excluding tert-OH is 1. The summed E-state index contributed by atoms with van der Waals surface area (Å²) >= 11 is 1.36. The lowest BCUT2D eigenvalue weighted by molar-refractivity contribution is 0.128. The summed E-state index contributed by atoms with van der Waals surface area (Å²) in [6, 6.07) is 13.9. The maximum Gasteiger partial charge on any atom is 0.135 e. The van der Waals surface area contributed by atoms with Crippen LogP contribution < -0.4 is 4.74 Å². The van der Waals surface area contributed by atoms with Crippen LogP contribution in [0.5, 0.6) is 5.75 Å². The maximum absolute atomic E-state index is 13.2. The lowest BCUT2D eigenvalue weighted by Gasteiger charge is -2.25. The minimum atomic E-state index is -0.336. The van der Waals surface area contributed by atoms with Gasteiger partial charge in [0.1, 0.15) is 33.8 Å². The summed E-state index contributed by atoms with van der Waals surface area (Å²) in [5.41, 5.74) is 2.53. The quantitative estimate of drug-likeness (QED) is 0.522. The Balaban J connectivity index is 1.54. The number of rotatable bonds is 5. The van der Waals surface area contributed by atoms with Gasteiger partial charge in [0.05, 0.1) is 17.8 Å². The van der Waals surface area contributed by atoms with Gasteiger partial charge in [-0.25, -0.2) is 9.37 Å². The monoisotopic (exact) mass is 437 g/mol. The molecule has 1 aromatic heterocycles. The van der Waals surface area contributed by atoms with E-state index in [0.29, 0.717) is 22.8 Å². The highest BCUT2D eigenvalue weighted by atomic mass is 32.1. The summed E-state index contributed by atoms with van der Waals surface area (Å²) in [5.74, 6) is 0.814. The number of ether oxygens (including phenoxy) is 1. The Bertz CT molecular complexity index is 1150. The molecule has 0 spiro atoms. The smallest absolute Gasteiger partial charge is 0.135 e. The Morgan fingerprint density at radius 2 is 1.87 bits per heavy atom. The van der Waals surface area contributed by atoms with Gasteiger partial charge in [0, 0.05) is 23.1 Å². The van der Waals surface area contributed by atoms with Gasteiger partial charge in [-0.3, -0.25) is 5.41 Å². The fourth-order valence-electron chi connectivity index (χ4n) is 3.40. The molecule has 0 aliphatic carbocycles. The lowest BCUT2D eigenvalue weighted by atomic mass is 10.1. The molecular weight excluding hydrogens is 413 g/mol. The maximum atomic E-state index is 13.2. The molecule has 7 heteroatoms. The Kier molecular flexibility index (Phi) is 5.54. The lowest BCUT2D eigenvalue weighted by Crippen LogP contribution is -2.28. The first-order valence-electron chi connectivity index (χ1n) is 9.96. The van der Waals surface area contributed by atoms with E-state index in [-0.39, 0.29) is 29.6 Å². The number of halogens is 1. The zero-order valence-corrected chi connectivity index (χ0v) is 18.5. The number of nitrogens with one attached hydrogen (secondary N) is 1. The second kappa shape index (κ2) is 8.15. The average Bonchev–Trinajstić information content (AvgIpc) is 3.27. The molecule has 160 valence electrons. The highest BCUT2D eigenvalue weighted by molar-refractivity contribution is 7.11. The zero-order chi connectivity index (χ0) is 22.2. The van der Waals surface area contributed by atoms with Gasteiger partial charge in [0.2, 0.25) is 0 Å². The molecule has 1 aliphatic heterocycles. The Labute approximate surface area is 185 Å². The van der Waals surface area contributed by atoms with Crippen molar-refractivity contribution in [1.29, 1.82) is 5.41 Å². The molecule has 0 bridgehead atoms. The number of hydrogen-bond donors (Lipinski definition) is 2. The van der Waals surface area contributed by atoms with E-state index in [1.54, 1.807) is 17.0 Å². The van der Waals surface area contributed by atoms with E-state index in [4.69, 9.17) is 10.1 Å². The third-order valence-electron chi connectivity index (χ3n) is 4.79. The Morgan fingerprint density at radius 1 is 1.16 bits per heavy atom. The van der Waals surface area contributed by atoms with Gasteiger partial charge in [-0.2, -0.15) is 0 Å². The number of aliphatic hydroxyl groups is 1. The van der Waals surface area contributed by atoms with Gasteiger partial charge in [-0.1, -0.05) is 18.2 Å². The van der Waals surface area contributed by atoms with Crippen molar-refractivity contribution in [3.63, 3.8) is 0 Å². The van der Waals surface area contributed by atoms with Gasteiger partial charge < -0.3 is 14.7 Å². The van der Waals surface area contributed by atoms with Gasteiger partial charge in [-0.15, -0.1) is 11.3 Å². The first-order chi connectivity index (χ1) is 14.7. The molecule has 5 nitrogen and oxygen atoms in total. The molecule has 0 radical (unpaired) electrons. The van der Waals surface area contributed by atoms with Crippen molar-refractivity contribution in [1.82, 2.24) is 9.88 Å². The SMILES string of the molecule is CC(C)(C)Oc1ccccc1CN1CC(O)=C(c2nc(-c3ccc(F)cc3)cs2)C1=N. The van der Waals surface area contributed by atoms with E-state index in [0.717, 1.165) is 16.9 Å². The van der Waals surface area contributed by atoms with Crippen molar-refractivity contribution >= 4 is 22.7 Å². The van der Waals surface area contributed by atoms with Crippen LogP contribution in [0.2, 0.25) is 0 Å². The molecule has 2 heterocycles. The topological polar surface area (TPSA) is 69.4 Å². The van der Waals surface area contributed by atoms with Crippen molar-refractivity contribution in [3.05, 3.63) is 76.1 Å². The van der Waals surface area contributed by atoms with Crippen LogP contribution in [0.1, 0.15) is 31.3 Å². The number of nitrogens with zero attached hydrogens (tertiary/aromatic N) is 2. The number of thiazole rings is 1. The normalized spacial score (nSPS) is 14.5. The average molecular weight is 438 g/mol. The van der Waals surface area contributed by atoms with E-state index in [1.807, 2.05) is 50.4 Å². The van der Waals surface area contributed by atoms with Gasteiger partial charge in [0.25, 0.3) is 0 Å². The molecule has 0 saturated heterocycles. The predicted octanol–water partition coefficient (Wildman–Crippen LogP) is 5.89. The second-order valence-electron chi connectivity index (χ2n) is 8.39. The fourth-order valence-corrected chi connectivity index (χ4v) is 4.30. The van der Waals surface area contributed by atoms with Gasteiger partial charge in [-0.05, 0) is 51.1 Å². The van der Waals surface area contributed by atoms with Crippen LogP contribution in [0.25, 0.3) is 16.8 Å². The summed E-state index contributed by atoms with van der Waals surface area (Å²) in [6.07, 6.45) is 0. The van der Waals surface area contributed by atoms with Crippen molar-refractivity contribution < 1.29 is 14.2 Å². The van der Waals surface area contributed by atoms with Gasteiger partial charge >= 0.3 is 0 Å². The first kappa shape index (κ1) is 21.1. The predicted molar refractivity (Wildman–Crippen MR) is 122 cm³/mol. The van der Waals surface area contributed by atoms with Crippen molar-refractivity contribution in [2.45, 2.75) is 32.9 Å². The van der Waals surface area contributed by atoms with E-state index < -0.39 is 0 Å². The highest BCUT2D eigenvalue weighted by Gasteiger charge is 2.31. The molecule has 0 amide bonds. The number of benzene rings is 2. The van der Waals surface area contributed by atoms with Crippen molar-refractivity contribution in [2.75, 3.05) is 6.54 Å². The summed E-state index contributed by atoms with van der Waals surface area (Å²) in [5, 5.41) is 21.7. The zero-order valence-electron chi connectivity index (χ0n) is 17.6. The molecular formula is C24H24FN3O2S. The number of para-hydroxylation sites is 1. The van der Waals surface area contributed by atoms with E-state index in [1.165, 1.54) is 23.5 Å². The number of aromatic nitrogens is 1. The van der Waals surface area contributed by atoms with Crippen LogP contribution in [0.4, 0.5) is 4.39 Å².